The minimum absolute atomic E-state index is 0.454. The summed E-state index contributed by atoms with van der Waals surface area (Å²) in [5.74, 6) is 0.454. The standard InChI is InChI=1S/C5H8O.H2O3S/c6-5-3-1-2-4-5;1-4(2)3/h1-4H2;(H2,1,2,3). The summed E-state index contributed by atoms with van der Waals surface area (Å²) in [6.45, 7) is 0. The maximum absolute atomic E-state index is 10.2. The lowest BCUT2D eigenvalue weighted by Crippen LogP contribution is -1.81. The molecule has 0 saturated heterocycles. The summed E-state index contributed by atoms with van der Waals surface area (Å²) in [5, 5.41) is 0. The Labute approximate surface area is 61.7 Å². The van der Waals surface area contributed by atoms with Crippen molar-refractivity contribution >= 4 is 17.1 Å². The Morgan fingerprint density at radius 2 is 1.50 bits per heavy atom. The van der Waals surface area contributed by atoms with Crippen molar-refractivity contribution in [3.8, 4) is 0 Å². The second-order valence-corrected chi connectivity index (χ2v) is 2.44. The number of carbonyl (C=O) groups is 1. The van der Waals surface area contributed by atoms with E-state index in [1.165, 1.54) is 0 Å². The lowest BCUT2D eigenvalue weighted by atomic mass is 10.4. The molecule has 5 heteroatoms. The third-order valence-corrected chi connectivity index (χ3v) is 1.16. The molecule has 4 nitrogen and oxygen atoms in total. The predicted octanol–water partition coefficient (Wildman–Crippen LogP) is 0.811. The average Bonchev–Trinajstić information content (AvgIpc) is 2.15. The largest absolute Gasteiger partial charge is 0.300 e. The fourth-order valence-corrected chi connectivity index (χ4v) is 0.769. The molecule has 0 spiro atoms. The van der Waals surface area contributed by atoms with Crippen LogP contribution in [0.5, 0.6) is 0 Å². The van der Waals surface area contributed by atoms with Crippen molar-refractivity contribution in [2.24, 2.45) is 0 Å². The van der Waals surface area contributed by atoms with E-state index in [0.29, 0.717) is 5.78 Å². The van der Waals surface area contributed by atoms with Crippen LogP contribution in [0.4, 0.5) is 0 Å². The molecule has 1 aliphatic carbocycles. The third kappa shape index (κ3) is 7.74. The third-order valence-electron chi connectivity index (χ3n) is 1.16. The predicted molar refractivity (Wildman–Crippen MR) is 36.9 cm³/mol. The van der Waals surface area contributed by atoms with Gasteiger partial charge in [0.1, 0.15) is 5.78 Å². The van der Waals surface area contributed by atoms with Gasteiger partial charge in [0.2, 0.25) is 0 Å². The van der Waals surface area contributed by atoms with Crippen LogP contribution in [0.15, 0.2) is 0 Å². The molecular formula is C5H10O4S. The van der Waals surface area contributed by atoms with Gasteiger partial charge < -0.3 is 0 Å². The van der Waals surface area contributed by atoms with Crippen LogP contribution in [0, 0.1) is 0 Å². The molecule has 1 rings (SSSR count). The van der Waals surface area contributed by atoms with Crippen LogP contribution in [0.25, 0.3) is 0 Å². The molecule has 10 heavy (non-hydrogen) atoms. The average molecular weight is 166 g/mol. The summed E-state index contributed by atoms with van der Waals surface area (Å²) < 4.78 is 22.8. The molecule has 0 aromatic carbocycles. The van der Waals surface area contributed by atoms with Gasteiger partial charge in [-0.2, -0.15) is 4.21 Å². The fraction of sp³-hybridized carbons (Fsp3) is 0.800. The van der Waals surface area contributed by atoms with Crippen molar-refractivity contribution in [3.63, 3.8) is 0 Å². The van der Waals surface area contributed by atoms with E-state index in [1.807, 2.05) is 0 Å². The molecule has 1 aliphatic rings. The van der Waals surface area contributed by atoms with Gasteiger partial charge in [-0.05, 0) is 12.8 Å². The van der Waals surface area contributed by atoms with Crippen LogP contribution >= 0.6 is 0 Å². The normalized spacial score (nSPS) is 16.9. The highest BCUT2D eigenvalue weighted by Crippen LogP contribution is 2.11. The minimum Gasteiger partial charge on any atom is -0.300 e. The van der Waals surface area contributed by atoms with Crippen LogP contribution in [-0.2, 0) is 16.2 Å². The summed E-state index contributed by atoms with van der Waals surface area (Å²) in [7, 11) is 0. The van der Waals surface area contributed by atoms with Gasteiger partial charge >= 0.3 is 0 Å². The molecular weight excluding hydrogens is 156 g/mol. The van der Waals surface area contributed by atoms with Gasteiger partial charge in [0.25, 0.3) is 11.4 Å². The Hall–Kier alpha value is -0.260. The van der Waals surface area contributed by atoms with Gasteiger partial charge in [0.15, 0.2) is 0 Å². The Balaban J connectivity index is 0.000000180. The van der Waals surface area contributed by atoms with E-state index in [1.54, 1.807) is 0 Å². The quantitative estimate of drug-likeness (QED) is 0.522. The first-order valence-electron chi connectivity index (χ1n) is 2.94. The van der Waals surface area contributed by atoms with Crippen molar-refractivity contribution in [1.29, 1.82) is 0 Å². The number of Topliss-reactive ketones (excluding diaryl/α,β-unsaturated/α-hetero) is 1. The molecule has 0 aromatic rings. The van der Waals surface area contributed by atoms with Crippen LogP contribution < -0.4 is 0 Å². The summed E-state index contributed by atoms with van der Waals surface area (Å²) in [6.07, 6.45) is 3.97. The van der Waals surface area contributed by atoms with Gasteiger partial charge in [0, 0.05) is 12.8 Å². The highest BCUT2D eigenvalue weighted by Gasteiger charge is 2.07. The van der Waals surface area contributed by atoms with Gasteiger partial charge in [-0.3, -0.25) is 13.9 Å². The van der Waals surface area contributed by atoms with Crippen LogP contribution in [0.1, 0.15) is 25.7 Å². The van der Waals surface area contributed by atoms with Crippen molar-refractivity contribution in [1.82, 2.24) is 0 Å². The molecule has 0 heterocycles. The van der Waals surface area contributed by atoms with Gasteiger partial charge in [-0.25, -0.2) is 0 Å². The van der Waals surface area contributed by atoms with E-state index in [9.17, 15) is 4.79 Å². The highest BCUT2D eigenvalue weighted by molar-refractivity contribution is 7.73. The van der Waals surface area contributed by atoms with Crippen LogP contribution in [0.2, 0.25) is 0 Å². The zero-order valence-electron chi connectivity index (χ0n) is 5.45. The first-order valence-corrected chi connectivity index (χ1v) is 4.01. The molecule has 0 amide bonds. The van der Waals surface area contributed by atoms with E-state index in [4.69, 9.17) is 13.3 Å². The molecule has 60 valence electrons. The highest BCUT2D eigenvalue weighted by atomic mass is 32.2. The van der Waals surface area contributed by atoms with E-state index in [-0.39, 0.29) is 0 Å². The van der Waals surface area contributed by atoms with Crippen molar-refractivity contribution in [2.75, 3.05) is 0 Å². The zero-order valence-corrected chi connectivity index (χ0v) is 6.26. The molecule has 0 aromatic heterocycles. The van der Waals surface area contributed by atoms with Crippen LogP contribution in [0.3, 0.4) is 0 Å². The van der Waals surface area contributed by atoms with Crippen molar-refractivity contribution < 1.29 is 18.1 Å². The Kier molecular flexibility index (Phi) is 5.38. The lowest BCUT2D eigenvalue weighted by molar-refractivity contribution is -0.117. The number of carbonyl (C=O) groups excluding carboxylic acids is 1. The number of rotatable bonds is 0. The van der Waals surface area contributed by atoms with Crippen molar-refractivity contribution in [2.45, 2.75) is 25.7 Å². The topological polar surface area (TPSA) is 74.6 Å². The molecule has 0 radical (unpaired) electrons. The summed E-state index contributed by atoms with van der Waals surface area (Å²) in [5.41, 5.74) is 0. The molecule has 1 saturated carbocycles. The number of hydrogen-bond acceptors (Lipinski definition) is 2. The van der Waals surface area contributed by atoms with E-state index in [0.717, 1.165) is 25.7 Å². The Bertz CT molecular complexity index is 122. The second-order valence-electron chi connectivity index (χ2n) is 1.98. The first kappa shape index (κ1) is 9.74. The Morgan fingerprint density at radius 1 is 1.20 bits per heavy atom. The first-order chi connectivity index (χ1) is 4.63. The molecule has 2 N–H and O–H groups in total. The molecule has 0 bridgehead atoms. The van der Waals surface area contributed by atoms with E-state index >= 15 is 0 Å². The van der Waals surface area contributed by atoms with Gasteiger partial charge in [-0.15, -0.1) is 0 Å². The van der Waals surface area contributed by atoms with E-state index in [2.05, 4.69) is 0 Å². The molecule has 0 unspecified atom stereocenters. The monoisotopic (exact) mass is 166 g/mol. The van der Waals surface area contributed by atoms with Crippen molar-refractivity contribution in [3.05, 3.63) is 0 Å². The fourth-order valence-electron chi connectivity index (χ4n) is 0.769. The summed E-state index contributed by atoms with van der Waals surface area (Å²) in [4.78, 5) is 10.2. The van der Waals surface area contributed by atoms with Crippen LogP contribution in [-0.4, -0.2) is 19.1 Å². The summed E-state index contributed by atoms with van der Waals surface area (Å²) in [6, 6.07) is 0. The second kappa shape index (κ2) is 5.52. The number of ketones is 1. The smallest absolute Gasteiger partial charge is 0.299 e. The molecule has 0 aliphatic heterocycles. The number of hydrogen-bond donors (Lipinski definition) is 2. The SMILES string of the molecule is O=C1CCCC1.O=S(O)O. The van der Waals surface area contributed by atoms with E-state index < -0.39 is 11.4 Å². The Morgan fingerprint density at radius 3 is 1.60 bits per heavy atom. The molecule has 0 atom stereocenters. The van der Waals surface area contributed by atoms with Gasteiger partial charge in [0.05, 0.1) is 0 Å². The zero-order chi connectivity index (χ0) is 7.98. The lowest BCUT2D eigenvalue weighted by Gasteiger charge is -1.71. The maximum atomic E-state index is 10.2. The molecule has 1 fully saturated rings. The summed E-state index contributed by atoms with van der Waals surface area (Å²) >= 11 is -2.61. The minimum atomic E-state index is -2.61. The van der Waals surface area contributed by atoms with Gasteiger partial charge in [-0.1, -0.05) is 0 Å². The maximum Gasteiger partial charge on any atom is 0.299 e.